The standard InChI is InChI=1S/C21H18ClN3O3S2/c1-30(27,28)24-17-10-6-14(7-11-17)18-13-19(20-3-2-12-29-20)25(23-18)21(26)15-4-8-16(22)9-5-15/h2-12,19,24H,13H2,1H3/t19-/m1/s1. The molecule has 0 fully saturated rings. The summed E-state index contributed by atoms with van der Waals surface area (Å²) in [6.45, 7) is 0. The topological polar surface area (TPSA) is 78.8 Å². The van der Waals surface area contributed by atoms with Crippen LogP contribution in [0.25, 0.3) is 0 Å². The number of hydrogen-bond acceptors (Lipinski definition) is 5. The van der Waals surface area contributed by atoms with Crippen molar-refractivity contribution in [2.45, 2.75) is 12.5 Å². The molecule has 0 spiro atoms. The van der Waals surface area contributed by atoms with Gasteiger partial charge in [-0.05, 0) is 53.4 Å². The van der Waals surface area contributed by atoms with E-state index in [1.54, 1.807) is 59.9 Å². The number of benzene rings is 2. The Morgan fingerprint density at radius 2 is 1.83 bits per heavy atom. The summed E-state index contributed by atoms with van der Waals surface area (Å²) in [4.78, 5) is 14.2. The van der Waals surface area contributed by atoms with Crippen LogP contribution in [-0.2, 0) is 10.0 Å². The summed E-state index contributed by atoms with van der Waals surface area (Å²) in [6, 6.07) is 17.5. The number of anilines is 1. The molecule has 2 aromatic carbocycles. The van der Waals surface area contributed by atoms with Crippen molar-refractivity contribution >= 4 is 50.3 Å². The van der Waals surface area contributed by atoms with Crippen molar-refractivity contribution in [2.24, 2.45) is 5.10 Å². The lowest BCUT2D eigenvalue weighted by molar-refractivity contribution is 0.0714. The summed E-state index contributed by atoms with van der Waals surface area (Å²) in [6.07, 6.45) is 1.67. The molecule has 2 heterocycles. The zero-order valence-electron chi connectivity index (χ0n) is 15.9. The van der Waals surface area contributed by atoms with E-state index in [1.165, 1.54) is 5.01 Å². The van der Waals surface area contributed by atoms with Crippen LogP contribution in [0.5, 0.6) is 0 Å². The Morgan fingerprint density at radius 3 is 2.43 bits per heavy atom. The van der Waals surface area contributed by atoms with Gasteiger partial charge in [0.2, 0.25) is 10.0 Å². The van der Waals surface area contributed by atoms with Crippen molar-refractivity contribution in [1.29, 1.82) is 0 Å². The third kappa shape index (κ3) is 4.56. The summed E-state index contributed by atoms with van der Waals surface area (Å²) >= 11 is 7.53. The van der Waals surface area contributed by atoms with Crippen LogP contribution in [0.3, 0.4) is 0 Å². The molecular formula is C21H18ClN3O3S2. The highest BCUT2D eigenvalue weighted by Crippen LogP contribution is 2.36. The first-order valence-corrected chi connectivity index (χ1v) is 12.2. The second-order valence-corrected chi connectivity index (χ2v) is 10.1. The summed E-state index contributed by atoms with van der Waals surface area (Å²) in [7, 11) is -3.34. The Labute approximate surface area is 183 Å². The minimum absolute atomic E-state index is 0.197. The van der Waals surface area contributed by atoms with Gasteiger partial charge in [0.1, 0.15) is 0 Å². The van der Waals surface area contributed by atoms with Gasteiger partial charge in [-0.3, -0.25) is 9.52 Å². The molecular weight excluding hydrogens is 442 g/mol. The highest BCUT2D eigenvalue weighted by Gasteiger charge is 2.34. The van der Waals surface area contributed by atoms with Gasteiger partial charge in [-0.15, -0.1) is 11.3 Å². The third-order valence-electron chi connectivity index (χ3n) is 4.60. The quantitative estimate of drug-likeness (QED) is 0.597. The average molecular weight is 460 g/mol. The molecule has 0 saturated heterocycles. The molecule has 1 amide bonds. The van der Waals surface area contributed by atoms with E-state index in [2.05, 4.69) is 9.82 Å². The van der Waals surface area contributed by atoms with Crippen LogP contribution >= 0.6 is 22.9 Å². The maximum atomic E-state index is 13.2. The maximum absolute atomic E-state index is 13.2. The number of thiophene rings is 1. The zero-order chi connectivity index (χ0) is 21.3. The predicted molar refractivity (Wildman–Crippen MR) is 121 cm³/mol. The minimum atomic E-state index is -3.34. The first kappa shape index (κ1) is 20.6. The summed E-state index contributed by atoms with van der Waals surface area (Å²) in [5, 5.41) is 8.70. The number of nitrogens with one attached hydrogen (secondary N) is 1. The number of halogens is 1. The molecule has 1 N–H and O–H groups in total. The number of rotatable bonds is 5. The molecule has 0 bridgehead atoms. The van der Waals surface area contributed by atoms with Crippen molar-refractivity contribution in [2.75, 3.05) is 11.0 Å². The molecule has 30 heavy (non-hydrogen) atoms. The number of hydrazone groups is 1. The van der Waals surface area contributed by atoms with Crippen molar-refractivity contribution in [3.8, 4) is 0 Å². The fraction of sp³-hybridized carbons (Fsp3) is 0.143. The summed E-state index contributed by atoms with van der Waals surface area (Å²) < 4.78 is 25.2. The van der Waals surface area contributed by atoms with Gasteiger partial charge in [0, 0.05) is 27.6 Å². The van der Waals surface area contributed by atoms with E-state index < -0.39 is 10.0 Å². The van der Waals surface area contributed by atoms with Gasteiger partial charge >= 0.3 is 0 Å². The van der Waals surface area contributed by atoms with Crippen LogP contribution in [0.1, 0.15) is 33.3 Å². The molecule has 1 aliphatic rings. The second kappa shape index (κ2) is 8.22. The van der Waals surface area contributed by atoms with Gasteiger partial charge in [0.25, 0.3) is 5.91 Å². The SMILES string of the molecule is CS(=O)(=O)Nc1ccc(C2=NN(C(=O)c3ccc(Cl)cc3)[C@@H](c3cccs3)C2)cc1. The van der Waals surface area contributed by atoms with Crippen LogP contribution in [0.2, 0.25) is 5.02 Å². The van der Waals surface area contributed by atoms with Crippen LogP contribution in [0.15, 0.2) is 71.1 Å². The monoisotopic (exact) mass is 459 g/mol. The van der Waals surface area contributed by atoms with E-state index in [4.69, 9.17) is 11.6 Å². The molecule has 9 heteroatoms. The first-order valence-electron chi connectivity index (χ1n) is 9.08. The van der Waals surface area contributed by atoms with Gasteiger partial charge < -0.3 is 0 Å². The normalized spacial score (nSPS) is 16.4. The zero-order valence-corrected chi connectivity index (χ0v) is 18.3. The smallest absolute Gasteiger partial charge is 0.274 e. The highest BCUT2D eigenvalue weighted by molar-refractivity contribution is 7.92. The molecule has 3 aromatic rings. The van der Waals surface area contributed by atoms with Crippen molar-refractivity contribution in [3.05, 3.63) is 87.1 Å². The minimum Gasteiger partial charge on any atom is -0.284 e. The predicted octanol–water partition coefficient (Wildman–Crippen LogP) is 4.76. The van der Waals surface area contributed by atoms with Gasteiger partial charge in [0.05, 0.1) is 18.0 Å². The lowest BCUT2D eigenvalue weighted by atomic mass is 10.0. The third-order valence-corrected chi connectivity index (χ3v) is 6.43. The van der Waals surface area contributed by atoms with Crippen molar-refractivity contribution < 1.29 is 13.2 Å². The molecule has 0 radical (unpaired) electrons. The van der Waals surface area contributed by atoms with E-state index in [9.17, 15) is 13.2 Å². The van der Waals surface area contributed by atoms with Crippen LogP contribution in [0.4, 0.5) is 5.69 Å². The first-order chi connectivity index (χ1) is 14.3. The van der Waals surface area contributed by atoms with Gasteiger partial charge in [-0.25, -0.2) is 13.4 Å². The van der Waals surface area contributed by atoms with Crippen LogP contribution in [0, 0.1) is 0 Å². The summed E-state index contributed by atoms with van der Waals surface area (Å²) in [5.41, 5.74) is 2.59. The Hall–Kier alpha value is -2.68. The van der Waals surface area contributed by atoms with E-state index in [-0.39, 0.29) is 11.9 Å². The van der Waals surface area contributed by atoms with E-state index >= 15 is 0 Å². The van der Waals surface area contributed by atoms with Crippen molar-refractivity contribution in [1.82, 2.24) is 5.01 Å². The fourth-order valence-electron chi connectivity index (χ4n) is 3.24. The molecule has 4 rings (SSSR count). The molecule has 1 aromatic heterocycles. The Morgan fingerprint density at radius 1 is 1.13 bits per heavy atom. The molecule has 0 saturated carbocycles. The number of sulfonamides is 1. The van der Waals surface area contributed by atoms with Gasteiger partial charge in [0.15, 0.2) is 0 Å². The lowest BCUT2D eigenvalue weighted by Crippen LogP contribution is -2.26. The number of amides is 1. The number of carbonyl (C=O) groups is 1. The Balaban J connectivity index is 1.65. The van der Waals surface area contributed by atoms with Gasteiger partial charge in [-0.1, -0.05) is 29.8 Å². The second-order valence-electron chi connectivity index (χ2n) is 6.89. The Bertz CT molecular complexity index is 1190. The van der Waals surface area contributed by atoms with E-state index in [0.717, 1.165) is 22.4 Å². The largest absolute Gasteiger partial charge is 0.284 e. The van der Waals surface area contributed by atoms with E-state index in [0.29, 0.717) is 22.7 Å². The lowest BCUT2D eigenvalue weighted by Gasteiger charge is -2.20. The molecule has 154 valence electrons. The fourth-order valence-corrected chi connectivity index (χ4v) is 4.75. The molecule has 0 unspecified atom stereocenters. The molecule has 1 atom stereocenters. The number of hydrogen-bond donors (Lipinski definition) is 1. The molecule has 0 aliphatic carbocycles. The van der Waals surface area contributed by atoms with Gasteiger partial charge in [-0.2, -0.15) is 5.10 Å². The summed E-state index contributed by atoms with van der Waals surface area (Å²) in [5.74, 6) is -0.199. The van der Waals surface area contributed by atoms with Crippen LogP contribution < -0.4 is 4.72 Å². The van der Waals surface area contributed by atoms with Crippen LogP contribution in [-0.4, -0.2) is 31.3 Å². The number of nitrogens with zero attached hydrogens (tertiary/aromatic N) is 2. The average Bonchev–Trinajstić information content (AvgIpc) is 3.37. The highest BCUT2D eigenvalue weighted by atomic mass is 35.5. The Kier molecular flexibility index (Phi) is 5.64. The molecule has 6 nitrogen and oxygen atoms in total. The molecule has 1 aliphatic heterocycles. The number of carbonyl (C=O) groups excluding carboxylic acids is 1. The van der Waals surface area contributed by atoms with E-state index in [1.807, 2.05) is 17.5 Å². The van der Waals surface area contributed by atoms with Crippen molar-refractivity contribution in [3.63, 3.8) is 0 Å². The maximum Gasteiger partial charge on any atom is 0.274 e.